The van der Waals surface area contributed by atoms with E-state index < -0.39 is 29.8 Å². The van der Waals surface area contributed by atoms with Crippen molar-refractivity contribution in [3.63, 3.8) is 0 Å². The number of amides is 1. The highest BCUT2D eigenvalue weighted by Crippen LogP contribution is 2.52. The smallest absolute Gasteiger partial charge is 0.307 e. The van der Waals surface area contributed by atoms with Gasteiger partial charge in [-0.2, -0.15) is 5.10 Å². The average Bonchev–Trinajstić information content (AvgIpc) is 3.03. The number of nitrogens with one attached hydrogen (secondary N) is 1. The largest absolute Gasteiger partial charge is 0.481 e. The monoisotopic (exact) mass is 337 g/mol. The van der Waals surface area contributed by atoms with Gasteiger partial charge in [0.2, 0.25) is 5.91 Å². The molecule has 2 fully saturated rings. The Morgan fingerprint density at radius 3 is 2.62 bits per heavy atom. The number of carboxylic acids is 1. The van der Waals surface area contributed by atoms with Crippen molar-refractivity contribution < 1.29 is 23.5 Å². The van der Waals surface area contributed by atoms with E-state index in [1.54, 1.807) is 6.07 Å². The van der Waals surface area contributed by atoms with Crippen LogP contribution in [0.5, 0.6) is 0 Å². The minimum Gasteiger partial charge on any atom is -0.481 e. The fourth-order valence-electron chi connectivity index (χ4n) is 4.04. The molecule has 2 N–H and O–H groups in total. The molecule has 1 amide bonds. The standard InChI is InChI=1S/C16H17F2N3O3/c17-16(18)6-11(16)21-10(3-4-20-21)7-19-14(22)12-8-1-2-9(5-8)13(12)15(23)24/h1-4,8-9,11-13H,5-7H2,(H,19,22)(H,23,24)/t8-,9+,11?,12-,13+/m1/s1. The van der Waals surface area contributed by atoms with E-state index in [2.05, 4.69) is 10.4 Å². The molecule has 24 heavy (non-hydrogen) atoms. The Bertz CT molecular complexity index is 730. The molecule has 3 aliphatic carbocycles. The van der Waals surface area contributed by atoms with Crippen LogP contribution >= 0.6 is 0 Å². The maximum atomic E-state index is 13.2. The Kier molecular flexibility index (Phi) is 3.26. The lowest BCUT2D eigenvalue weighted by atomic mass is 9.82. The van der Waals surface area contributed by atoms with Gasteiger partial charge in [-0.3, -0.25) is 14.3 Å². The highest BCUT2D eigenvalue weighted by molar-refractivity contribution is 5.86. The number of nitrogens with zero attached hydrogens (tertiary/aromatic N) is 2. The molecule has 0 spiro atoms. The maximum absolute atomic E-state index is 13.2. The Hall–Kier alpha value is -2.25. The number of carbonyl (C=O) groups is 2. The molecule has 1 unspecified atom stereocenters. The molecule has 2 saturated carbocycles. The van der Waals surface area contributed by atoms with Crippen molar-refractivity contribution in [3.8, 4) is 0 Å². The summed E-state index contributed by atoms with van der Waals surface area (Å²) in [6.07, 6.45) is 5.65. The number of rotatable bonds is 5. The molecule has 2 bridgehead atoms. The number of carboxylic acid groups (broad SMARTS) is 1. The summed E-state index contributed by atoms with van der Waals surface area (Å²) in [7, 11) is 0. The average molecular weight is 337 g/mol. The molecule has 0 saturated heterocycles. The summed E-state index contributed by atoms with van der Waals surface area (Å²) in [4.78, 5) is 23.9. The highest BCUT2D eigenvalue weighted by Gasteiger charge is 2.59. The summed E-state index contributed by atoms with van der Waals surface area (Å²) in [5.41, 5.74) is 0.496. The second-order valence-corrected chi connectivity index (χ2v) is 6.80. The van der Waals surface area contributed by atoms with Crippen LogP contribution < -0.4 is 5.32 Å². The second kappa shape index (κ2) is 5.12. The first kappa shape index (κ1) is 15.3. The summed E-state index contributed by atoms with van der Waals surface area (Å²) in [6.45, 7) is 0.0648. The molecule has 6 nitrogen and oxygen atoms in total. The van der Waals surface area contributed by atoms with Gasteiger partial charge in [0, 0.05) is 12.6 Å². The summed E-state index contributed by atoms with van der Waals surface area (Å²) >= 11 is 0. The third kappa shape index (κ3) is 2.32. The van der Waals surface area contributed by atoms with Crippen LogP contribution in [0.25, 0.3) is 0 Å². The number of hydrogen-bond acceptors (Lipinski definition) is 3. The van der Waals surface area contributed by atoms with Crippen molar-refractivity contribution in [1.82, 2.24) is 15.1 Å². The van der Waals surface area contributed by atoms with E-state index in [4.69, 9.17) is 0 Å². The third-order valence-electron chi connectivity index (χ3n) is 5.33. The molecule has 1 heterocycles. The van der Waals surface area contributed by atoms with Crippen LogP contribution in [-0.2, 0) is 16.1 Å². The second-order valence-electron chi connectivity index (χ2n) is 6.80. The number of aliphatic carboxylic acids is 1. The van der Waals surface area contributed by atoms with E-state index in [0.717, 1.165) is 0 Å². The molecule has 8 heteroatoms. The van der Waals surface area contributed by atoms with Gasteiger partial charge >= 0.3 is 5.97 Å². The molecule has 1 aromatic rings. The molecule has 1 aromatic heterocycles. The van der Waals surface area contributed by atoms with Gasteiger partial charge in [0.05, 0.1) is 24.1 Å². The van der Waals surface area contributed by atoms with Gasteiger partial charge in [0.25, 0.3) is 5.92 Å². The van der Waals surface area contributed by atoms with Crippen molar-refractivity contribution in [3.05, 3.63) is 30.1 Å². The number of allylic oxidation sites excluding steroid dienone is 2. The van der Waals surface area contributed by atoms with Gasteiger partial charge in [-0.1, -0.05) is 12.2 Å². The maximum Gasteiger partial charge on any atom is 0.307 e. The molecular formula is C16H17F2N3O3. The zero-order chi connectivity index (χ0) is 17.1. The van der Waals surface area contributed by atoms with Crippen LogP contribution in [0.4, 0.5) is 8.78 Å². The predicted molar refractivity (Wildman–Crippen MR) is 78.0 cm³/mol. The summed E-state index contributed by atoms with van der Waals surface area (Å²) in [6, 6.07) is 0.640. The number of alkyl halides is 2. The number of hydrogen-bond donors (Lipinski definition) is 2. The van der Waals surface area contributed by atoms with Crippen molar-refractivity contribution in [2.45, 2.75) is 31.4 Å². The molecule has 5 atom stereocenters. The van der Waals surface area contributed by atoms with E-state index in [0.29, 0.717) is 12.1 Å². The number of halogens is 2. The van der Waals surface area contributed by atoms with Gasteiger partial charge < -0.3 is 10.4 Å². The number of aromatic nitrogens is 2. The van der Waals surface area contributed by atoms with Gasteiger partial charge in [0.15, 0.2) is 0 Å². The van der Waals surface area contributed by atoms with Crippen LogP contribution in [0, 0.1) is 23.7 Å². The molecule has 128 valence electrons. The van der Waals surface area contributed by atoms with Crippen molar-refractivity contribution in [1.29, 1.82) is 0 Å². The van der Waals surface area contributed by atoms with Crippen molar-refractivity contribution in [2.24, 2.45) is 23.7 Å². The van der Waals surface area contributed by atoms with Crippen LogP contribution in [0.1, 0.15) is 24.6 Å². The number of carbonyl (C=O) groups excluding carboxylic acids is 1. The molecule has 0 radical (unpaired) electrons. The normalized spacial score (nSPS) is 35.2. The van der Waals surface area contributed by atoms with Gasteiger partial charge in [-0.25, -0.2) is 8.78 Å². The summed E-state index contributed by atoms with van der Waals surface area (Å²) in [5.74, 6) is -5.51. The van der Waals surface area contributed by atoms with E-state index in [-0.39, 0.29) is 30.7 Å². The lowest BCUT2D eigenvalue weighted by Crippen LogP contribution is -2.40. The topological polar surface area (TPSA) is 84.2 Å². The molecule has 0 aromatic carbocycles. The third-order valence-corrected chi connectivity index (χ3v) is 5.33. The lowest BCUT2D eigenvalue weighted by molar-refractivity contribution is -0.147. The van der Waals surface area contributed by atoms with Crippen LogP contribution in [0.15, 0.2) is 24.4 Å². The predicted octanol–water partition coefficient (Wildman–Crippen LogP) is 1.60. The van der Waals surface area contributed by atoms with Crippen molar-refractivity contribution >= 4 is 11.9 Å². The van der Waals surface area contributed by atoms with Crippen molar-refractivity contribution in [2.75, 3.05) is 0 Å². The first-order valence-electron chi connectivity index (χ1n) is 7.97. The zero-order valence-corrected chi connectivity index (χ0v) is 12.7. The lowest BCUT2D eigenvalue weighted by Gasteiger charge is -2.23. The summed E-state index contributed by atoms with van der Waals surface area (Å²) in [5, 5.41) is 16.0. The Labute approximate surface area is 136 Å². The number of fused-ring (bicyclic) bond motifs is 2. The molecule has 4 rings (SSSR count). The quantitative estimate of drug-likeness (QED) is 0.800. The van der Waals surface area contributed by atoms with Crippen LogP contribution in [0.3, 0.4) is 0 Å². The van der Waals surface area contributed by atoms with E-state index in [1.165, 1.54) is 10.9 Å². The molecular weight excluding hydrogens is 320 g/mol. The fraction of sp³-hybridized carbons (Fsp3) is 0.562. The highest BCUT2D eigenvalue weighted by atomic mass is 19.3. The van der Waals surface area contributed by atoms with E-state index in [1.807, 2.05) is 12.2 Å². The Morgan fingerprint density at radius 1 is 1.33 bits per heavy atom. The minimum absolute atomic E-state index is 0.0613. The van der Waals surface area contributed by atoms with Gasteiger partial charge in [-0.05, 0) is 24.3 Å². The first-order valence-corrected chi connectivity index (χ1v) is 7.97. The van der Waals surface area contributed by atoms with Crippen LogP contribution in [-0.4, -0.2) is 32.7 Å². The first-order chi connectivity index (χ1) is 11.4. The van der Waals surface area contributed by atoms with E-state index >= 15 is 0 Å². The molecule has 3 aliphatic rings. The SMILES string of the molecule is O=C(O)[C@@H]1[C@H](C(=O)NCc2ccnn2C2CC2(F)F)[C@@H]2C=C[C@H]1C2. The Morgan fingerprint density at radius 2 is 2.00 bits per heavy atom. The fourth-order valence-corrected chi connectivity index (χ4v) is 4.04. The van der Waals surface area contributed by atoms with Gasteiger partial charge in [-0.15, -0.1) is 0 Å². The molecule has 0 aliphatic heterocycles. The van der Waals surface area contributed by atoms with E-state index in [9.17, 15) is 23.5 Å². The van der Waals surface area contributed by atoms with Gasteiger partial charge in [0.1, 0.15) is 6.04 Å². The zero-order valence-electron chi connectivity index (χ0n) is 12.7. The Balaban J connectivity index is 1.44. The van der Waals surface area contributed by atoms with Crippen LogP contribution in [0.2, 0.25) is 0 Å². The minimum atomic E-state index is -2.74. The summed E-state index contributed by atoms with van der Waals surface area (Å²) < 4.78 is 27.7.